The average molecular weight is 442 g/mol. The van der Waals surface area contributed by atoms with Gasteiger partial charge in [-0.1, -0.05) is 5.16 Å². The fourth-order valence-corrected chi connectivity index (χ4v) is 3.74. The van der Waals surface area contributed by atoms with E-state index in [1.54, 1.807) is 13.8 Å². The third kappa shape index (κ3) is 4.35. The quantitative estimate of drug-likeness (QED) is 0.649. The number of carbonyl (C=O) groups excluding carboxylic acids is 1. The normalized spacial score (nSPS) is 19.9. The zero-order valence-corrected chi connectivity index (χ0v) is 17.1. The Bertz CT molecular complexity index is 985. The Morgan fingerprint density at radius 1 is 1.35 bits per heavy atom. The average Bonchev–Trinajstić information content (AvgIpc) is 3.45. The van der Waals surface area contributed by atoms with Crippen molar-refractivity contribution in [3.63, 3.8) is 0 Å². The molecule has 2 aromatic rings. The molecule has 0 aliphatic heterocycles. The van der Waals surface area contributed by atoms with E-state index in [4.69, 9.17) is 9.26 Å². The van der Waals surface area contributed by atoms with Gasteiger partial charge >= 0.3 is 6.18 Å². The second-order valence-corrected chi connectivity index (χ2v) is 8.36. The molecule has 2 aliphatic rings. The van der Waals surface area contributed by atoms with Crippen LogP contribution in [0.3, 0.4) is 0 Å². The highest BCUT2D eigenvalue weighted by Crippen LogP contribution is 2.48. The molecule has 2 aromatic heterocycles. The van der Waals surface area contributed by atoms with Crippen LogP contribution in [-0.4, -0.2) is 33.8 Å². The number of amides is 1. The summed E-state index contributed by atoms with van der Waals surface area (Å²) in [5, 5.41) is 6.74. The molecule has 168 valence electrons. The zero-order chi connectivity index (χ0) is 22.4. The Labute approximate surface area is 175 Å². The molecule has 11 heteroatoms. The fourth-order valence-electron chi connectivity index (χ4n) is 3.74. The number of aromatic nitrogens is 3. The van der Waals surface area contributed by atoms with E-state index in [-0.39, 0.29) is 35.8 Å². The lowest BCUT2D eigenvalue weighted by Crippen LogP contribution is -2.46. The van der Waals surface area contributed by atoms with Crippen molar-refractivity contribution < 1.29 is 31.6 Å². The largest absolute Gasteiger partial charge is 0.484 e. The number of nitrogens with zero attached hydrogens (tertiary/aromatic N) is 3. The van der Waals surface area contributed by atoms with Gasteiger partial charge in [0.05, 0.1) is 0 Å². The van der Waals surface area contributed by atoms with E-state index in [2.05, 4.69) is 20.4 Å². The van der Waals surface area contributed by atoms with Crippen LogP contribution in [0.25, 0.3) is 0 Å². The molecule has 0 radical (unpaired) electrons. The minimum absolute atomic E-state index is 0.0710. The maximum absolute atomic E-state index is 14.9. The van der Waals surface area contributed by atoms with E-state index >= 15 is 0 Å². The molecular weight excluding hydrogens is 420 g/mol. The van der Waals surface area contributed by atoms with E-state index in [0.29, 0.717) is 18.1 Å². The summed E-state index contributed by atoms with van der Waals surface area (Å²) in [7, 11) is 0. The first kappa shape index (κ1) is 21.5. The van der Waals surface area contributed by atoms with Crippen molar-refractivity contribution in [3.8, 4) is 5.75 Å². The molecule has 2 heterocycles. The van der Waals surface area contributed by atoms with E-state index < -0.39 is 29.9 Å². The smallest absolute Gasteiger partial charge is 0.422 e. The number of halogens is 4. The SMILES string of the molecule is Cc1nc(C(C)(NC(=O)c2cc(OCC(F)(F)F)c(C3(F)CCC3)cn2)C2CC2)no1. The van der Waals surface area contributed by atoms with Crippen LogP contribution in [0.15, 0.2) is 16.8 Å². The first-order chi connectivity index (χ1) is 14.5. The van der Waals surface area contributed by atoms with Crippen LogP contribution in [-0.2, 0) is 11.2 Å². The Hall–Kier alpha value is -2.72. The first-order valence-corrected chi connectivity index (χ1v) is 10.0. The molecule has 0 spiro atoms. The molecule has 0 bridgehead atoms. The zero-order valence-electron chi connectivity index (χ0n) is 17.1. The van der Waals surface area contributed by atoms with Gasteiger partial charge in [-0.3, -0.25) is 9.78 Å². The molecule has 0 saturated heterocycles. The molecule has 0 aromatic carbocycles. The molecule has 2 fully saturated rings. The Kier molecular flexibility index (Phi) is 5.17. The van der Waals surface area contributed by atoms with Gasteiger partial charge in [-0.25, -0.2) is 4.39 Å². The van der Waals surface area contributed by atoms with Gasteiger partial charge in [-0.15, -0.1) is 0 Å². The number of ether oxygens (including phenoxy) is 1. The number of nitrogens with one attached hydrogen (secondary N) is 1. The number of carbonyl (C=O) groups is 1. The maximum Gasteiger partial charge on any atom is 0.422 e. The molecule has 31 heavy (non-hydrogen) atoms. The molecule has 2 saturated carbocycles. The lowest BCUT2D eigenvalue weighted by atomic mass is 9.77. The summed E-state index contributed by atoms with van der Waals surface area (Å²) < 4.78 is 62.9. The molecule has 1 N–H and O–H groups in total. The van der Waals surface area contributed by atoms with E-state index in [1.165, 1.54) is 0 Å². The molecule has 4 rings (SSSR count). The van der Waals surface area contributed by atoms with Crippen molar-refractivity contribution in [1.29, 1.82) is 0 Å². The van der Waals surface area contributed by atoms with Crippen LogP contribution in [0.2, 0.25) is 0 Å². The van der Waals surface area contributed by atoms with Gasteiger partial charge in [0.1, 0.15) is 22.7 Å². The van der Waals surface area contributed by atoms with E-state index in [9.17, 15) is 22.4 Å². The number of pyridine rings is 1. The predicted octanol–water partition coefficient (Wildman–Crippen LogP) is 4.12. The Morgan fingerprint density at radius 3 is 2.58 bits per heavy atom. The van der Waals surface area contributed by atoms with Crippen molar-refractivity contribution >= 4 is 5.91 Å². The predicted molar refractivity (Wildman–Crippen MR) is 99.0 cm³/mol. The summed E-state index contributed by atoms with van der Waals surface area (Å²) in [5.41, 5.74) is -2.99. The standard InChI is InChI=1S/C20H22F4N4O3/c1-11-26-17(28-31-11)18(2,12-4-5-12)27-16(29)14-8-15(30-10-20(22,23)24)13(9-25-14)19(21)6-3-7-19/h8-9,12H,3-7,10H2,1-2H3,(H,27,29). The van der Waals surface area contributed by atoms with Gasteiger partial charge in [0, 0.05) is 24.8 Å². The van der Waals surface area contributed by atoms with Crippen molar-refractivity contribution in [1.82, 2.24) is 20.4 Å². The number of alkyl halides is 4. The van der Waals surface area contributed by atoms with Crippen LogP contribution < -0.4 is 10.1 Å². The Balaban J connectivity index is 1.61. The minimum atomic E-state index is -4.60. The van der Waals surface area contributed by atoms with Crippen molar-refractivity contribution in [2.45, 2.75) is 63.3 Å². The molecule has 1 atom stereocenters. The topological polar surface area (TPSA) is 90.1 Å². The molecular formula is C20H22F4N4O3. The summed E-state index contributed by atoms with van der Waals surface area (Å²) in [6.07, 6.45) is -0.873. The summed E-state index contributed by atoms with van der Waals surface area (Å²) in [6.45, 7) is 1.79. The van der Waals surface area contributed by atoms with Gasteiger partial charge < -0.3 is 14.6 Å². The van der Waals surface area contributed by atoms with Crippen LogP contribution >= 0.6 is 0 Å². The van der Waals surface area contributed by atoms with Crippen LogP contribution in [0.5, 0.6) is 5.75 Å². The first-order valence-electron chi connectivity index (χ1n) is 10.0. The lowest BCUT2D eigenvalue weighted by molar-refractivity contribution is -0.154. The van der Waals surface area contributed by atoms with Gasteiger partial charge in [0.2, 0.25) is 5.89 Å². The van der Waals surface area contributed by atoms with Crippen LogP contribution in [0.4, 0.5) is 17.6 Å². The molecule has 7 nitrogen and oxygen atoms in total. The van der Waals surface area contributed by atoms with Gasteiger partial charge in [0.25, 0.3) is 5.91 Å². The summed E-state index contributed by atoms with van der Waals surface area (Å²) >= 11 is 0. The highest BCUT2D eigenvalue weighted by molar-refractivity contribution is 5.93. The van der Waals surface area contributed by atoms with Crippen LogP contribution in [0.1, 0.15) is 66.8 Å². The summed E-state index contributed by atoms with van der Waals surface area (Å²) in [4.78, 5) is 21.2. The fraction of sp³-hybridized carbons (Fsp3) is 0.600. The molecule has 2 aliphatic carbocycles. The van der Waals surface area contributed by atoms with Crippen molar-refractivity contribution in [2.24, 2.45) is 5.92 Å². The number of aryl methyl sites for hydroxylation is 1. The monoisotopic (exact) mass is 442 g/mol. The van der Waals surface area contributed by atoms with Crippen LogP contribution in [0, 0.1) is 12.8 Å². The summed E-state index contributed by atoms with van der Waals surface area (Å²) in [5.74, 6) is -0.249. The van der Waals surface area contributed by atoms with E-state index in [0.717, 1.165) is 25.1 Å². The Morgan fingerprint density at radius 2 is 2.06 bits per heavy atom. The highest BCUT2D eigenvalue weighted by Gasteiger charge is 2.48. The number of rotatable bonds is 7. The number of hydrogen-bond acceptors (Lipinski definition) is 6. The summed E-state index contributed by atoms with van der Waals surface area (Å²) in [6, 6.07) is 1.06. The second-order valence-electron chi connectivity index (χ2n) is 8.36. The van der Waals surface area contributed by atoms with Gasteiger partial charge in [0.15, 0.2) is 12.4 Å². The minimum Gasteiger partial charge on any atom is -0.484 e. The maximum atomic E-state index is 14.9. The lowest BCUT2D eigenvalue weighted by Gasteiger charge is -2.35. The van der Waals surface area contributed by atoms with Crippen molar-refractivity contribution in [3.05, 3.63) is 35.2 Å². The highest BCUT2D eigenvalue weighted by atomic mass is 19.4. The third-order valence-corrected chi connectivity index (χ3v) is 5.88. The van der Waals surface area contributed by atoms with Gasteiger partial charge in [-0.05, 0) is 44.9 Å². The van der Waals surface area contributed by atoms with Crippen molar-refractivity contribution in [2.75, 3.05) is 6.61 Å². The van der Waals surface area contributed by atoms with Gasteiger partial charge in [-0.2, -0.15) is 18.2 Å². The number of hydrogen-bond donors (Lipinski definition) is 1. The molecule has 1 amide bonds. The third-order valence-electron chi connectivity index (χ3n) is 5.88. The van der Waals surface area contributed by atoms with E-state index in [1.807, 2.05) is 0 Å². The second kappa shape index (κ2) is 7.45. The molecule has 1 unspecified atom stereocenters.